The second kappa shape index (κ2) is 4.25. The van der Waals surface area contributed by atoms with Crippen LogP contribution in [0.3, 0.4) is 0 Å². The highest BCUT2D eigenvalue weighted by atomic mass is 16.5. The van der Waals surface area contributed by atoms with E-state index in [0.29, 0.717) is 5.41 Å². The minimum absolute atomic E-state index is 0.563. The number of fused-ring (bicyclic) bond motifs is 5. The van der Waals surface area contributed by atoms with Crippen LogP contribution in [0.25, 0.3) is 10.8 Å². The number of benzene rings is 2. The molecule has 2 aromatic rings. The Hall–Kier alpha value is -1.50. The van der Waals surface area contributed by atoms with Crippen LogP contribution in [0.2, 0.25) is 0 Å². The molecule has 1 fully saturated rings. The maximum atomic E-state index is 5.35. The SMILES string of the molecule is COc1ccc2c3c(ccc2c1)[C@@H]1CCC[C@@]1(C)CC3. The van der Waals surface area contributed by atoms with E-state index < -0.39 is 0 Å². The van der Waals surface area contributed by atoms with Crippen molar-refractivity contribution in [1.82, 2.24) is 0 Å². The van der Waals surface area contributed by atoms with Crippen molar-refractivity contribution < 1.29 is 4.74 Å². The molecule has 0 radical (unpaired) electrons. The van der Waals surface area contributed by atoms with Crippen LogP contribution in [0.1, 0.15) is 49.7 Å². The Morgan fingerprint density at radius 1 is 1.15 bits per heavy atom. The van der Waals surface area contributed by atoms with Gasteiger partial charge in [0.25, 0.3) is 0 Å². The van der Waals surface area contributed by atoms with E-state index in [-0.39, 0.29) is 0 Å². The fourth-order valence-corrected chi connectivity index (χ4v) is 4.60. The van der Waals surface area contributed by atoms with Gasteiger partial charge in [0.2, 0.25) is 0 Å². The lowest BCUT2D eigenvalue weighted by atomic mass is 9.66. The highest BCUT2D eigenvalue weighted by molar-refractivity contribution is 5.88. The van der Waals surface area contributed by atoms with Gasteiger partial charge >= 0.3 is 0 Å². The molecule has 0 aromatic heterocycles. The highest BCUT2D eigenvalue weighted by Crippen LogP contribution is 2.56. The topological polar surface area (TPSA) is 9.23 Å². The van der Waals surface area contributed by atoms with E-state index in [2.05, 4.69) is 37.3 Å². The molecule has 0 saturated heterocycles. The van der Waals surface area contributed by atoms with Crippen LogP contribution in [0, 0.1) is 5.41 Å². The van der Waals surface area contributed by atoms with Crippen molar-refractivity contribution in [2.45, 2.75) is 44.9 Å². The second-order valence-electron chi connectivity index (χ2n) is 6.82. The van der Waals surface area contributed by atoms with Crippen molar-refractivity contribution in [3.8, 4) is 5.75 Å². The predicted octanol–water partition coefficient (Wildman–Crippen LogP) is 5.07. The first-order valence-electron chi connectivity index (χ1n) is 7.81. The quantitative estimate of drug-likeness (QED) is 0.700. The number of hydrogen-bond donors (Lipinski definition) is 0. The summed E-state index contributed by atoms with van der Waals surface area (Å²) in [6, 6.07) is 11.2. The third-order valence-electron chi connectivity index (χ3n) is 5.78. The van der Waals surface area contributed by atoms with Crippen LogP contribution >= 0.6 is 0 Å². The second-order valence-corrected chi connectivity index (χ2v) is 6.82. The molecule has 2 aliphatic carbocycles. The first-order valence-corrected chi connectivity index (χ1v) is 7.81. The zero-order valence-corrected chi connectivity index (χ0v) is 12.4. The fourth-order valence-electron chi connectivity index (χ4n) is 4.60. The summed E-state index contributed by atoms with van der Waals surface area (Å²) in [7, 11) is 1.74. The summed E-state index contributed by atoms with van der Waals surface area (Å²) in [5, 5.41) is 2.77. The standard InChI is InChI=1S/C19H22O/c1-19-10-3-4-18(19)17-7-5-13-12-14(20-2)6-8-15(13)16(17)9-11-19/h5-8,12,18H,3-4,9-11H2,1-2H3/t18-,19-/m0/s1. The lowest BCUT2D eigenvalue weighted by Crippen LogP contribution is -2.26. The largest absolute Gasteiger partial charge is 0.497 e. The van der Waals surface area contributed by atoms with Crippen molar-refractivity contribution in [2.24, 2.45) is 5.41 Å². The van der Waals surface area contributed by atoms with Gasteiger partial charge in [-0.3, -0.25) is 0 Å². The van der Waals surface area contributed by atoms with E-state index in [1.165, 1.54) is 42.9 Å². The molecule has 20 heavy (non-hydrogen) atoms. The van der Waals surface area contributed by atoms with E-state index in [1.807, 2.05) is 0 Å². The lowest BCUT2D eigenvalue weighted by molar-refractivity contribution is 0.253. The summed E-state index contributed by atoms with van der Waals surface area (Å²) < 4.78 is 5.35. The maximum Gasteiger partial charge on any atom is 0.119 e. The van der Waals surface area contributed by atoms with Crippen molar-refractivity contribution in [3.63, 3.8) is 0 Å². The highest BCUT2D eigenvalue weighted by Gasteiger charge is 2.42. The van der Waals surface area contributed by atoms with Gasteiger partial charge in [-0.2, -0.15) is 0 Å². The molecule has 0 unspecified atom stereocenters. The predicted molar refractivity (Wildman–Crippen MR) is 83.5 cm³/mol. The zero-order valence-electron chi connectivity index (χ0n) is 12.4. The Kier molecular flexibility index (Phi) is 2.60. The summed E-state index contributed by atoms with van der Waals surface area (Å²) in [4.78, 5) is 0. The Labute approximate surface area is 120 Å². The molecule has 2 aliphatic rings. The Bertz CT molecular complexity index is 673. The first kappa shape index (κ1) is 12.3. The van der Waals surface area contributed by atoms with Gasteiger partial charge in [0.05, 0.1) is 7.11 Å². The van der Waals surface area contributed by atoms with E-state index in [9.17, 15) is 0 Å². The molecule has 4 rings (SSSR count). The molecule has 2 aromatic carbocycles. The van der Waals surface area contributed by atoms with Gasteiger partial charge in [-0.25, -0.2) is 0 Å². The minimum atomic E-state index is 0.563. The van der Waals surface area contributed by atoms with Crippen molar-refractivity contribution in [2.75, 3.05) is 7.11 Å². The minimum Gasteiger partial charge on any atom is -0.497 e. The molecule has 104 valence electrons. The van der Waals surface area contributed by atoms with Gasteiger partial charge < -0.3 is 4.74 Å². The molecule has 0 bridgehead atoms. The van der Waals surface area contributed by atoms with E-state index >= 15 is 0 Å². The molecule has 1 nitrogen and oxygen atoms in total. The number of rotatable bonds is 1. The summed E-state index contributed by atoms with van der Waals surface area (Å²) in [5.74, 6) is 1.75. The molecule has 0 amide bonds. The molecular weight excluding hydrogens is 244 g/mol. The van der Waals surface area contributed by atoms with Crippen molar-refractivity contribution in [1.29, 1.82) is 0 Å². The number of hydrogen-bond acceptors (Lipinski definition) is 1. The van der Waals surface area contributed by atoms with Gasteiger partial charge in [-0.15, -0.1) is 0 Å². The molecular formula is C19H22O. The van der Waals surface area contributed by atoms with Crippen LogP contribution in [0.15, 0.2) is 30.3 Å². The van der Waals surface area contributed by atoms with Crippen LogP contribution in [-0.2, 0) is 6.42 Å². The van der Waals surface area contributed by atoms with Gasteiger partial charge in [0.1, 0.15) is 5.75 Å². The van der Waals surface area contributed by atoms with Gasteiger partial charge in [-0.1, -0.05) is 31.5 Å². The average Bonchev–Trinajstić information content (AvgIpc) is 2.88. The van der Waals surface area contributed by atoms with Gasteiger partial charge in [0, 0.05) is 0 Å². The molecule has 0 heterocycles. The van der Waals surface area contributed by atoms with Gasteiger partial charge in [0.15, 0.2) is 0 Å². The third kappa shape index (κ3) is 1.62. The normalized spacial score (nSPS) is 28.2. The summed E-state index contributed by atoms with van der Waals surface area (Å²) in [6.45, 7) is 2.51. The fraction of sp³-hybridized carbons (Fsp3) is 0.474. The summed E-state index contributed by atoms with van der Waals surface area (Å²) in [6.07, 6.45) is 6.80. The molecule has 1 heteroatoms. The number of aryl methyl sites for hydroxylation is 1. The third-order valence-corrected chi connectivity index (χ3v) is 5.78. The monoisotopic (exact) mass is 266 g/mol. The summed E-state index contributed by atoms with van der Waals surface area (Å²) >= 11 is 0. The van der Waals surface area contributed by atoms with Crippen LogP contribution in [-0.4, -0.2) is 7.11 Å². The maximum absolute atomic E-state index is 5.35. The Morgan fingerprint density at radius 3 is 2.90 bits per heavy atom. The van der Waals surface area contributed by atoms with E-state index in [1.54, 1.807) is 18.2 Å². The van der Waals surface area contributed by atoms with Crippen LogP contribution in [0.4, 0.5) is 0 Å². The molecule has 1 saturated carbocycles. The number of ether oxygens (including phenoxy) is 1. The van der Waals surface area contributed by atoms with Crippen molar-refractivity contribution in [3.05, 3.63) is 41.5 Å². The first-order chi connectivity index (χ1) is 9.71. The van der Waals surface area contributed by atoms with Crippen LogP contribution in [0.5, 0.6) is 5.75 Å². The van der Waals surface area contributed by atoms with E-state index in [4.69, 9.17) is 4.74 Å². The van der Waals surface area contributed by atoms with Crippen LogP contribution < -0.4 is 4.74 Å². The summed E-state index contributed by atoms with van der Waals surface area (Å²) in [5.41, 5.74) is 3.80. The van der Waals surface area contributed by atoms with E-state index in [0.717, 1.165) is 11.7 Å². The van der Waals surface area contributed by atoms with Crippen molar-refractivity contribution >= 4 is 10.8 Å². The molecule has 0 aliphatic heterocycles. The smallest absolute Gasteiger partial charge is 0.119 e. The number of methoxy groups -OCH3 is 1. The average molecular weight is 266 g/mol. The molecule has 2 atom stereocenters. The lowest BCUT2D eigenvalue weighted by Gasteiger charge is -2.38. The molecule has 0 spiro atoms. The van der Waals surface area contributed by atoms with Gasteiger partial charge in [-0.05, 0) is 71.0 Å². The zero-order chi connectivity index (χ0) is 13.7. The Balaban J connectivity index is 1.91. The molecule has 0 N–H and O–H groups in total. The Morgan fingerprint density at radius 2 is 2.05 bits per heavy atom.